The summed E-state index contributed by atoms with van der Waals surface area (Å²) >= 11 is 0. The van der Waals surface area contributed by atoms with Crippen LogP contribution in [0, 0.1) is 0 Å². The third-order valence-corrected chi connectivity index (χ3v) is 3.18. The van der Waals surface area contributed by atoms with Crippen molar-refractivity contribution in [2.24, 2.45) is 5.73 Å². The van der Waals surface area contributed by atoms with Crippen molar-refractivity contribution in [3.8, 4) is 0 Å². The van der Waals surface area contributed by atoms with Gasteiger partial charge in [0.2, 0.25) is 0 Å². The molecule has 0 saturated heterocycles. The molecular formula is C16H20N4O. The van der Waals surface area contributed by atoms with E-state index in [1.807, 2.05) is 43.3 Å². The first-order valence-electron chi connectivity index (χ1n) is 6.83. The normalized spacial score (nSPS) is 11.8. The molecule has 0 aliphatic rings. The number of nitrogens with two attached hydrogens (primary N) is 1. The van der Waals surface area contributed by atoms with Crippen LogP contribution in [-0.4, -0.2) is 23.0 Å². The summed E-state index contributed by atoms with van der Waals surface area (Å²) in [7, 11) is 1.75. The Hall–Kier alpha value is -2.40. The summed E-state index contributed by atoms with van der Waals surface area (Å²) in [5, 5.41) is 2.85. The fourth-order valence-electron chi connectivity index (χ4n) is 1.93. The van der Waals surface area contributed by atoms with Crippen LogP contribution in [0.4, 0.5) is 10.5 Å². The molecule has 110 valence electrons. The average Bonchev–Trinajstić information content (AvgIpc) is 2.48. The number of hydrogen-bond acceptors (Lipinski definition) is 3. The van der Waals surface area contributed by atoms with Crippen LogP contribution in [0.25, 0.3) is 0 Å². The van der Waals surface area contributed by atoms with E-state index in [1.165, 1.54) is 0 Å². The molecule has 21 heavy (non-hydrogen) atoms. The summed E-state index contributed by atoms with van der Waals surface area (Å²) in [6.07, 6.45) is 3.46. The molecule has 0 aliphatic heterocycles. The van der Waals surface area contributed by atoms with Gasteiger partial charge in [-0.2, -0.15) is 0 Å². The average molecular weight is 284 g/mol. The third-order valence-electron chi connectivity index (χ3n) is 3.18. The number of urea groups is 1. The van der Waals surface area contributed by atoms with E-state index in [0.717, 1.165) is 16.8 Å². The van der Waals surface area contributed by atoms with Gasteiger partial charge in [-0.1, -0.05) is 18.2 Å². The first-order valence-corrected chi connectivity index (χ1v) is 6.83. The lowest BCUT2D eigenvalue weighted by Crippen LogP contribution is -2.30. The van der Waals surface area contributed by atoms with Crippen molar-refractivity contribution >= 4 is 11.7 Å². The zero-order chi connectivity index (χ0) is 15.2. The first-order chi connectivity index (χ1) is 10.1. The number of benzene rings is 1. The SMILES string of the molecule is CC(N)c1ccc(NC(=O)N(C)Cc2cccnc2)cc1. The standard InChI is InChI=1S/C16H20N4O/c1-12(17)14-5-7-15(8-6-14)19-16(21)20(2)11-13-4-3-9-18-10-13/h3-10,12H,11,17H2,1-2H3,(H,19,21). The Labute approximate surface area is 124 Å². The summed E-state index contributed by atoms with van der Waals surface area (Å²) in [6, 6.07) is 11.2. The fourth-order valence-corrected chi connectivity index (χ4v) is 1.93. The van der Waals surface area contributed by atoms with Gasteiger partial charge < -0.3 is 16.0 Å². The highest BCUT2D eigenvalue weighted by molar-refractivity contribution is 5.89. The number of amides is 2. The van der Waals surface area contributed by atoms with E-state index in [4.69, 9.17) is 5.73 Å². The molecule has 1 unspecified atom stereocenters. The summed E-state index contributed by atoms with van der Waals surface area (Å²) in [6.45, 7) is 2.44. The van der Waals surface area contributed by atoms with Crippen LogP contribution < -0.4 is 11.1 Å². The molecule has 1 aromatic carbocycles. The van der Waals surface area contributed by atoms with Gasteiger partial charge in [0.05, 0.1) is 0 Å². The number of hydrogen-bond donors (Lipinski definition) is 2. The number of aromatic nitrogens is 1. The number of carbonyl (C=O) groups is 1. The van der Waals surface area contributed by atoms with Crippen LogP contribution in [0.15, 0.2) is 48.8 Å². The number of nitrogens with one attached hydrogen (secondary N) is 1. The van der Waals surface area contributed by atoms with Crippen LogP contribution in [-0.2, 0) is 6.54 Å². The van der Waals surface area contributed by atoms with Crippen LogP contribution in [0.1, 0.15) is 24.1 Å². The highest BCUT2D eigenvalue weighted by Gasteiger charge is 2.09. The Morgan fingerprint density at radius 2 is 2.05 bits per heavy atom. The smallest absolute Gasteiger partial charge is 0.321 e. The minimum absolute atomic E-state index is 0.0111. The second-order valence-corrected chi connectivity index (χ2v) is 5.06. The summed E-state index contributed by atoms with van der Waals surface area (Å²) < 4.78 is 0. The lowest BCUT2D eigenvalue weighted by molar-refractivity contribution is 0.220. The van der Waals surface area contributed by atoms with Crippen LogP contribution >= 0.6 is 0 Å². The molecule has 1 heterocycles. The molecule has 2 rings (SSSR count). The summed E-state index contributed by atoms with van der Waals surface area (Å²) in [5.41, 5.74) is 8.58. The molecule has 2 amide bonds. The lowest BCUT2D eigenvalue weighted by Gasteiger charge is -2.18. The Morgan fingerprint density at radius 3 is 2.62 bits per heavy atom. The van der Waals surface area contributed by atoms with Crippen molar-refractivity contribution in [3.05, 3.63) is 59.9 Å². The molecule has 0 aliphatic carbocycles. The number of anilines is 1. The molecule has 2 aromatic rings. The largest absolute Gasteiger partial charge is 0.324 e. The topological polar surface area (TPSA) is 71.2 Å². The molecular weight excluding hydrogens is 264 g/mol. The van der Waals surface area contributed by atoms with Crippen molar-refractivity contribution in [2.75, 3.05) is 12.4 Å². The molecule has 0 saturated carbocycles. The van der Waals surface area contributed by atoms with Gasteiger partial charge in [-0.3, -0.25) is 4.98 Å². The zero-order valence-electron chi connectivity index (χ0n) is 12.3. The van der Waals surface area contributed by atoms with Gasteiger partial charge in [0.15, 0.2) is 0 Å². The molecule has 1 atom stereocenters. The van der Waals surface area contributed by atoms with Gasteiger partial charge in [0.25, 0.3) is 0 Å². The molecule has 0 fully saturated rings. The van der Waals surface area contributed by atoms with E-state index in [0.29, 0.717) is 6.54 Å². The van der Waals surface area contributed by atoms with E-state index in [-0.39, 0.29) is 12.1 Å². The minimum Gasteiger partial charge on any atom is -0.324 e. The van der Waals surface area contributed by atoms with Gasteiger partial charge in [0, 0.05) is 37.7 Å². The Morgan fingerprint density at radius 1 is 1.33 bits per heavy atom. The van der Waals surface area contributed by atoms with Gasteiger partial charge >= 0.3 is 6.03 Å². The Balaban J connectivity index is 1.94. The van der Waals surface area contributed by atoms with Crippen molar-refractivity contribution in [2.45, 2.75) is 19.5 Å². The number of nitrogens with zero attached hydrogens (tertiary/aromatic N) is 2. The van der Waals surface area contributed by atoms with Crippen molar-refractivity contribution in [1.29, 1.82) is 0 Å². The van der Waals surface area contributed by atoms with E-state index < -0.39 is 0 Å². The van der Waals surface area contributed by atoms with Crippen LogP contribution in [0.2, 0.25) is 0 Å². The highest BCUT2D eigenvalue weighted by atomic mass is 16.2. The number of carbonyl (C=O) groups excluding carboxylic acids is 1. The molecule has 5 heteroatoms. The van der Waals surface area contributed by atoms with E-state index in [1.54, 1.807) is 24.3 Å². The number of rotatable bonds is 4. The second kappa shape index (κ2) is 6.85. The quantitative estimate of drug-likeness (QED) is 0.907. The van der Waals surface area contributed by atoms with Crippen LogP contribution in [0.5, 0.6) is 0 Å². The molecule has 1 aromatic heterocycles. The van der Waals surface area contributed by atoms with Gasteiger partial charge in [-0.25, -0.2) is 4.79 Å². The lowest BCUT2D eigenvalue weighted by atomic mass is 10.1. The summed E-state index contributed by atoms with van der Waals surface area (Å²) in [4.78, 5) is 17.7. The molecule has 3 N–H and O–H groups in total. The van der Waals surface area contributed by atoms with Gasteiger partial charge in [0.1, 0.15) is 0 Å². The molecule has 5 nitrogen and oxygen atoms in total. The predicted molar refractivity (Wildman–Crippen MR) is 83.8 cm³/mol. The maximum absolute atomic E-state index is 12.1. The van der Waals surface area contributed by atoms with Crippen LogP contribution in [0.3, 0.4) is 0 Å². The molecule has 0 spiro atoms. The van der Waals surface area contributed by atoms with E-state index >= 15 is 0 Å². The first kappa shape index (κ1) is 15.0. The highest BCUT2D eigenvalue weighted by Crippen LogP contribution is 2.14. The predicted octanol–water partition coefficient (Wildman–Crippen LogP) is 2.77. The summed E-state index contributed by atoms with van der Waals surface area (Å²) in [5.74, 6) is 0. The zero-order valence-corrected chi connectivity index (χ0v) is 12.3. The maximum atomic E-state index is 12.1. The number of pyridine rings is 1. The second-order valence-electron chi connectivity index (χ2n) is 5.06. The fraction of sp³-hybridized carbons (Fsp3) is 0.250. The van der Waals surface area contributed by atoms with Crippen molar-refractivity contribution in [3.63, 3.8) is 0 Å². The van der Waals surface area contributed by atoms with Gasteiger partial charge in [-0.05, 0) is 36.2 Å². The van der Waals surface area contributed by atoms with Gasteiger partial charge in [-0.15, -0.1) is 0 Å². The maximum Gasteiger partial charge on any atom is 0.321 e. The van der Waals surface area contributed by atoms with Crippen molar-refractivity contribution < 1.29 is 4.79 Å². The third kappa shape index (κ3) is 4.29. The minimum atomic E-state index is -0.160. The Kier molecular flexibility index (Phi) is 4.90. The Bertz CT molecular complexity index is 581. The van der Waals surface area contributed by atoms with E-state index in [9.17, 15) is 4.79 Å². The monoisotopic (exact) mass is 284 g/mol. The molecule has 0 radical (unpaired) electrons. The van der Waals surface area contributed by atoms with E-state index in [2.05, 4.69) is 10.3 Å². The molecule has 0 bridgehead atoms. The van der Waals surface area contributed by atoms with Crippen molar-refractivity contribution in [1.82, 2.24) is 9.88 Å².